The van der Waals surface area contributed by atoms with Crippen LogP contribution in [0.25, 0.3) is 0 Å². The minimum absolute atomic E-state index is 0.591. The van der Waals surface area contributed by atoms with E-state index in [1.807, 2.05) is 43.0 Å². The predicted molar refractivity (Wildman–Crippen MR) is 102 cm³/mol. The molecule has 0 atom stereocenters. The molecule has 2 aromatic rings. The van der Waals surface area contributed by atoms with Crippen LogP contribution in [0.2, 0.25) is 0 Å². The zero-order chi connectivity index (χ0) is 17.9. The minimum atomic E-state index is 0.591. The third kappa shape index (κ3) is 6.49. The lowest BCUT2D eigenvalue weighted by atomic mass is 10.2. The number of rotatable bonds is 9. The lowest BCUT2D eigenvalue weighted by Gasteiger charge is -2.12. The fourth-order valence-corrected chi connectivity index (χ4v) is 2.54. The van der Waals surface area contributed by atoms with Gasteiger partial charge in [-0.3, -0.25) is 4.68 Å². The molecule has 0 radical (unpaired) electrons. The van der Waals surface area contributed by atoms with Crippen molar-refractivity contribution in [3.63, 3.8) is 0 Å². The van der Waals surface area contributed by atoms with Gasteiger partial charge in [-0.1, -0.05) is 18.2 Å². The minimum Gasteiger partial charge on any atom is -0.494 e. The Hall–Kier alpha value is -2.50. The van der Waals surface area contributed by atoms with Crippen LogP contribution in [0.3, 0.4) is 0 Å². The number of nitrogens with one attached hydrogen (secondary N) is 2. The van der Waals surface area contributed by atoms with E-state index >= 15 is 0 Å². The second-order valence-electron chi connectivity index (χ2n) is 5.79. The monoisotopic (exact) mass is 343 g/mol. The van der Waals surface area contributed by atoms with Gasteiger partial charge in [0.2, 0.25) is 0 Å². The molecule has 25 heavy (non-hydrogen) atoms. The Kier molecular flexibility index (Phi) is 7.82. The van der Waals surface area contributed by atoms with Crippen molar-refractivity contribution in [1.29, 1.82) is 0 Å². The fourth-order valence-electron chi connectivity index (χ4n) is 2.54. The Morgan fingerprint density at radius 2 is 2.08 bits per heavy atom. The summed E-state index contributed by atoms with van der Waals surface area (Å²) >= 11 is 0. The van der Waals surface area contributed by atoms with Gasteiger partial charge in [0, 0.05) is 31.9 Å². The molecule has 0 saturated heterocycles. The van der Waals surface area contributed by atoms with Crippen LogP contribution in [-0.4, -0.2) is 35.4 Å². The van der Waals surface area contributed by atoms with Crippen molar-refractivity contribution >= 4 is 5.96 Å². The Labute approximate surface area is 150 Å². The average molecular weight is 343 g/mol. The summed E-state index contributed by atoms with van der Waals surface area (Å²) in [4.78, 5) is 4.67. The summed E-state index contributed by atoms with van der Waals surface area (Å²) in [6, 6.07) is 8.05. The van der Waals surface area contributed by atoms with Crippen molar-refractivity contribution in [3.8, 4) is 5.75 Å². The maximum absolute atomic E-state index is 5.66. The van der Waals surface area contributed by atoms with Crippen LogP contribution in [0.1, 0.15) is 31.4 Å². The van der Waals surface area contributed by atoms with Gasteiger partial charge < -0.3 is 15.4 Å². The van der Waals surface area contributed by atoms with Crippen LogP contribution in [0.4, 0.5) is 0 Å². The van der Waals surface area contributed by atoms with Gasteiger partial charge in [0.1, 0.15) is 5.75 Å². The first-order valence-corrected chi connectivity index (χ1v) is 8.93. The molecule has 0 amide bonds. The van der Waals surface area contributed by atoms with E-state index in [9.17, 15) is 0 Å². The molecule has 1 heterocycles. The molecule has 0 saturated carbocycles. The number of ether oxygens (including phenoxy) is 1. The van der Waals surface area contributed by atoms with Crippen LogP contribution < -0.4 is 15.4 Å². The topological polar surface area (TPSA) is 63.5 Å². The number of hydrogen-bond donors (Lipinski definition) is 2. The normalized spacial score (nSPS) is 11.4. The summed E-state index contributed by atoms with van der Waals surface area (Å²) in [7, 11) is 1.94. The number of nitrogens with zero attached hydrogens (tertiary/aromatic N) is 3. The molecule has 0 aliphatic heterocycles. The van der Waals surface area contributed by atoms with Crippen molar-refractivity contribution in [2.45, 2.75) is 33.2 Å². The lowest BCUT2D eigenvalue weighted by molar-refractivity contribution is 0.336. The number of hydrogen-bond acceptors (Lipinski definition) is 3. The van der Waals surface area contributed by atoms with E-state index in [1.54, 1.807) is 0 Å². The van der Waals surface area contributed by atoms with Crippen molar-refractivity contribution in [2.75, 3.05) is 19.7 Å². The Balaban J connectivity index is 1.85. The van der Waals surface area contributed by atoms with Crippen molar-refractivity contribution in [2.24, 2.45) is 12.0 Å². The third-order valence-electron chi connectivity index (χ3n) is 3.72. The smallest absolute Gasteiger partial charge is 0.191 e. The van der Waals surface area contributed by atoms with Gasteiger partial charge in [-0.2, -0.15) is 5.10 Å². The zero-order valence-electron chi connectivity index (χ0n) is 15.5. The summed E-state index contributed by atoms with van der Waals surface area (Å²) in [5, 5.41) is 10.9. The van der Waals surface area contributed by atoms with E-state index in [4.69, 9.17) is 4.74 Å². The van der Waals surface area contributed by atoms with E-state index in [2.05, 4.69) is 39.9 Å². The largest absolute Gasteiger partial charge is 0.494 e. The highest BCUT2D eigenvalue weighted by atomic mass is 16.5. The molecule has 0 spiro atoms. The second kappa shape index (κ2) is 10.4. The number of para-hydroxylation sites is 1. The molecule has 1 aromatic heterocycles. The molecular weight excluding hydrogens is 314 g/mol. The first-order chi connectivity index (χ1) is 12.2. The molecule has 1 aromatic carbocycles. The number of guanidine groups is 1. The van der Waals surface area contributed by atoms with Crippen LogP contribution in [0, 0.1) is 0 Å². The average Bonchev–Trinajstić information content (AvgIpc) is 3.03. The first-order valence-electron chi connectivity index (χ1n) is 8.93. The van der Waals surface area contributed by atoms with E-state index in [0.29, 0.717) is 13.2 Å². The molecule has 136 valence electrons. The van der Waals surface area contributed by atoms with Crippen LogP contribution in [0.15, 0.2) is 41.7 Å². The molecule has 6 heteroatoms. The molecule has 0 aliphatic carbocycles. The van der Waals surface area contributed by atoms with Crippen molar-refractivity contribution in [3.05, 3.63) is 47.8 Å². The second-order valence-corrected chi connectivity index (χ2v) is 5.79. The first kappa shape index (κ1) is 18.8. The van der Waals surface area contributed by atoms with E-state index in [0.717, 1.165) is 43.2 Å². The maximum Gasteiger partial charge on any atom is 0.191 e. The number of aromatic nitrogens is 2. The summed E-state index contributed by atoms with van der Waals surface area (Å²) < 4.78 is 7.50. The highest BCUT2D eigenvalue weighted by molar-refractivity contribution is 5.79. The Morgan fingerprint density at radius 3 is 2.80 bits per heavy atom. The zero-order valence-corrected chi connectivity index (χ0v) is 15.5. The Bertz CT molecular complexity index is 665. The molecule has 2 rings (SSSR count). The third-order valence-corrected chi connectivity index (χ3v) is 3.72. The molecule has 0 unspecified atom stereocenters. The van der Waals surface area contributed by atoms with Gasteiger partial charge in [-0.05, 0) is 38.3 Å². The Morgan fingerprint density at radius 1 is 1.24 bits per heavy atom. The fraction of sp³-hybridized carbons (Fsp3) is 0.474. The number of benzene rings is 1. The van der Waals surface area contributed by atoms with E-state index in [1.165, 1.54) is 5.56 Å². The van der Waals surface area contributed by atoms with Crippen LogP contribution in [0.5, 0.6) is 5.75 Å². The molecule has 0 bridgehead atoms. The van der Waals surface area contributed by atoms with Crippen molar-refractivity contribution in [1.82, 2.24) is 20.4 Å². The summed E-state index contributed by atoms with van der Waals surface area (Å²) in [5.41, 5.74) is 2.36. The van der Waals surface area contributed by atoms with Gasteiger partial charge in [-0.15, -0.1) is 0 Å². The highest BCUT2D eigenvalue weighted by Gasteiger charge is 2.03. The number of aryl methyl sites for hydroxylation is 2. The lowest BCUT2D eigenvalue weighted by Crippen LogP contribution is -2.37. The molecule has 6 nitrogen and oxygen atoms in total. The number of aliphatic imine (C=N–C) groups is 1. The molecule has 0 fully saturated rings. The predicted octanol–water partition coefficient (Wildman–Crippen LogP) is 2.51. The highest BCUT2D eigenvalue weighted by Crippen LogP contribution is 2.18. The van der Waals surface area contributed by atoms with Gasteiger partial charge >= 0.3 is 0 Å². The standard InChI is InChI=1S/C19H29N5O/c1-4-20-19(21-12-8-9-16-13-23-24(3)15-16)22-14-17-10-6-7-11-18(17)25-5-2/h6-7,10-11,13,15H,4-5,8-9,12,14H2,1-3H3,(H2,20,21,22). The maximum atomic E-state index is 5.66. The summed E-state index contributed by atoms with van der Waals surface area (Å²) in [6.07, 6.45) is 6.02. The quantitative estimate of drug-likeness (QED) is 0.417. The van der Waals surface area contributed by atoms with Gasteiger partial charge in [0.25, 0.3) is 0 Å². The van der Waals surface area contributed by atoms with Gasteiger partial charge in [0.05, 0.1) is 19.3 Å². The molecule has 0 aliphatic rings. The summed E-state index contributed by atoms with van der Waals surface area (Å²) in [5.74, 6) is 1.74. The van der Waals surface area contributed by atoms with E-state index in [-0.39, 0.29) is 0 Å². The van der Waals surface area contributed by atoms with Gasteiger partial charge in [-0.25, -0.2) is 4.99 Å². The van der Waals surface area contributed by atoms with E-state index < -0.39 is 0 Å². The molecular formula is C19H29N5O. The molecule has 2 N–H and O–H groups in total. The van der Waals surface area contributed by atoms with Gasteiger partial charge in [0.15, 0.2) is 5.96 Å². The van der Waals surface area contributed by atoms with Crippen LogP contribution in [-0.2, 0) is 20.0 Å². The van der Waals surface area contributed by atoms with Crippen LogP contribution >= 0.6 is 0 Å². The summed E-state index contributed by atoms with van der Waals surface area (Å²) in [6.45, 7) is 7.02. The van der Waals surface area contributed by atoms with Crippen molar-refractivity contribution < 1.29 is 4.74 Å². The SMILES string of the molecule is CCNC(=NCc1ccccc1OCC)NCCCc1cnn(C)c1.